The molecule has 0 saturated heterocycles. The van der Waals surface area contributed by atoms with Crippen LogP contribution in [0.4, 0.5) is 0 Å². The number of thiophene rings is 1. The SMILES string of the molecule is CCC(C)c1ccc(C(NC(=O)c2cnn(-c3ccc(=O)[nH]n3)c2C)c2cccs2)cc1. The summed E-state index contributed by atoms with van der Waals surface area (Å²) in [7, 11) is 0. The first-order chi connectivity index (χ1) is 15.5. The Bertz CT molecular complexity index is 1240. The van der Waals surface area contributed by atoms with Crippen LogP contribution < -0.4 is 10.9 Å². The smallest absolute Gasteiger partial charge is 0.264 e. The highest BCUT2D eigenvalue weighted by Crippen LogP contribution is 2.28. The zero-order valence-corrected chi connectivity index (χ0v) is 19.0. The summed E-state index contributed by atoms with van der Waals surface area (Å²) in [4.78, 5) is 25.6. The Labute approximate surface area is 190 Å². The van der Waals surface area contributed by atoms with E-state index in [0.29, 0.717) is 23.0 Å². The summed E-state index contributed by atoms with van der Waals surface area (Å²) in [5.41, 5.74) is 3.11. The van der Waals surface area contributed by atoms with Gasteiger partial charge in [-0.05, 0) is 47.9 Å². The molecule has 2 N–H and O–H groups in total. The van der Waals surface area contributed by atoms with E-state index in [1.54, 1.807) is 24.3 Å². The minimum absolute atomic E-state index is 0.220. The summed E-state index contributed by atoms with van der Waals surface area (Å²) in [5, 5.41) is 15.9. The molecule has 0 aliphatic carbocycles. The first-order valence-corrected chi connectivity index (χ1v) is 11.4. The van der Waals surface area contributed by atoms with E-state index in [0.717, 1.165) is 16.9 Å². The van der Waals surface area contributed by atoms with E-state index in [4.69, 9.17) is 0 Å². The third-order valence-corrected chi connectivity index (χ3v) is 6.63. The zero-order chi connectivity index (χ0) is 22.7. The first-order valence-electron chi connectivity index (χ1n) is 10.5. The standard InChI is InChI=1S/C24H25N5O2S/c1-4-15(2)17-7-9-18(10-8-17)23(20-6-5-13-32-20)26-24(31)19-14-25-29(16(19)3)21-11-12-22(30)28-27-21/h5-15,23H,4H2,1-3H3,(H,26,31)(H,28,30). The van der Waals surface area contributed by atoms with E-state index in [1.807, 2.05) is 17.5 Å². The molecule has 7 nitrogen and oxygen atoms in total. The number of H-pyrrole nitrogens is 1. The largest absolute Gasteiger partial charge is 0.340 e. The maximum Gasteiger partial charge on any atom is 0.264 e. The number of hydrogen-bond donors (Lipinski definition) is 2. The van der Waals surface area contributed by atoms with Gasteiger partial charge in [-0.3, -0.25) is 9.59 Å². The van der Waals surface area contributed by atoms with Crippen molar-refractivity contribution in [3.8, 4) is 5.82 Å². The summed E-state index contributed by atoms with van der Waals surface area (Å²) in [6, 6.07) is 15.1. The molecule has 0 bridgehead atoms. The van der Waals surface area contributed by atoms with Crippen molar-refractivity contribution in [2.24, 2.45) is 0 Å². The van der Waals surface area contributed by atoms with Crippen molar-refractivity contribution in [3.63, 3.8) is 0 Å². The molecule has 3 heterocycles. The molecule has 8 heteroatoms. The van der Waals surface area contributed by atoms with Gasteiger partial charge in [-0.1, -0.05) is 44.2 Å². The minimum Gasteiger partial charge on any atom is -0.340 e. The Kier molecular flexibility index (Phi) is 6.32. The topological polar surface area (TPSA) is 92.7 Å². The molecule has 164 valence electrons. The van der Waals surface area contributed by atoms with Gasteiger partial charge in [-0.2, -0.15) is 10.2 Å². The molecular formula is C24H25N5O2S. The van der Waals surface area contributed by atoms with Crippen molar-refractivity contribution < 1.29 is 4.79 Å². The number of aromatic amines is 1. The van der Waals surface area contributed by atoms with Crippen LogP contribution in [0.3, 0.4) is 0 Å². The number of benzene rings is 1. The average molecular weight is 448 g/mol. The van der Waals surface area contributed by atoms with Crippen molar-refractivity contribution in [2.45, 2.75) is 39.2 Å². The average Bonchev–Trinajstić information content (AvgIpc) is 3.48. The second-order valence-corrected chi connectivity index (χ2v) is 8.71. The normalized spacial score (nSPS) is 13.0. The van der Waals surface area contributed by atoms with Gasteiger partial charge in [0.25, 0.3) is 11.5 Å². The van der Waals surface area contributed by atoms with Gasteiger partial charge in [0.2, 0.25) is 0 Å². The lowest BCUT2D eigenvalue weighted by Crippen LogP contribution is -2.29. The molecule has 0 fully saturated rings. The van der Waals surface area contributed by atoms with Gasteiger partial charge in [0, 0.05) is 10.9 Å². The Morgan fingerprint density at radius 3 is 2.53 bits per heavy atom. The summed E-state index contributed by atoms with van der Waals surface area (Å²) in [5.74, 6) is 0.716. The Hall–Kier alpha value is -3.52. The second-order valence-electron chi connectivity index (χ2n) is 7.73. The second kappa shape index (κ2) is 9.32. The Morgan fingerprint density at radius 1 is 1.16 bits per heavy atom. The number of hydrogen-bond acceptors (Lipinski definition) is 5. The fourth-order valence-corrected chi connectivity index (χ4v) is 4.36. The minimum atomic E-state index is -0.297. The van der Waals surface area contributed by atoms with Gasteiger partial charge in [0.1, 0.15) is 0 Å². The lowest BCUT2D eigenvalue weighted by atomic mass is 9.95. The summed E-state index contributed by atoms with van der Waals surface area (Å²) in [6.07, 6.45) is 2.60. The number of carbonyl (C=O) groups is 1. The van der Waals surface area contributed by atoms with Crippen LogP contribution in [0, 0.1) is 6.92 Å². The lowest BCUT2D eigenvalue weighted by molar-refractivity contribution is 0.0943. The molecule has 0 spiro atoms. The van der Waals surface area contributed by atoms with Gasteiger partial charge < -0.3 is 5.32 Å². The molecular weight excluding hydrogens is 422 g/mol. The fourth-order valence-electron chi connectivity index (χ4n) is 3.55. The highest BCUT2D eigenvalue weighted by Gasteiger charge is 2.22. The molecule has 2 unspecified atom stereocenters. The maximum atomic E-state index is 13.2. The van der Waals surface area contributed by atoms with Gasteiger partial charge in [0.05, 0.1) is 23.5 Å². The van der Waals surface area contributed by atoms with Crippen LogP contribution in [-0.4, -0.2) is 25.9 Å². The van der Waals surface area contributed by atoms with Crippen molar-refractivity contribution in [1.82, 2.24) is 25.3 Å². The first kappa shape index (κ1) is 21.7. The molecule has 32 heavy (non-hydrogen) atoms. The Balaban J connectivity index is 1.61. The van der Waals surface area contributed by atoms with Crippen molar-refractivity contribution in [1.29, 1.82) is 0 Å². The highest BCUT2D eigenvalue weighted by atomic mass is 32.1. The Morgan fingerprint density at radius 2 is 1.91 bits per heavy atom. The number of amides is 1. The van der Waals surface area contributed by atoms with Crippen molar-refractivity contribution in [2.75, 3.05) is 0 Å². The molecule has 3 aromatic heterocycles. The van der Waals surface area contributed by atoms with Crippen LogP contribution >= 0.6 is 11.3 Å². The molecule has 4 aromatic rings. The van der Waals surface area contributed by atoms with Crippen LogP contribution in [0.25, 0.3) is 5.82 Å². The summed E-state index contributed by atoms with van der Waals surface area (Å²) >= 11 is 1.61. The van der Waals surface area contributed by atoms with Gasteiger partial charge in [0.15, 0.2) is 5.82 Å². The number of nitrogens with zero attached hydrogens (tertiary/aromatic N) is 3. The monoisotopic (exact) mass is 447 g/mol. The molecule has 4 rings (SSSR count). The summed E-state index contributed by atoms with van der Waals surface area (Å²) in [6.45, 7) is 6.19. The van der Waals surface area contributed by atoms with E-state index >= 15 is 0 Å². The number of nitrogens with one attached hydrogen (secondary N) is 2. The van der Waals surface area contributed by atoms with Gasteiger partial charge in [-0.25, -0.2) is 9.78 Å². The maximum absolute atomic E-state index is 13.2. The number of carbonyl (C=O) groups excluding carboxylic acids is 1. The molecule has 0 saturated carbocycles. The molecule has 0 radical (unpaired) electrons. The highest BCUT2D eigenvalue weighted by molar-refractivity contribution is 7.10. The van der Waals surface area contributed by atoms with E-state index in [1.165, 1.54) is 22.5 Å². The van der Waals surface area contributed by atoms with Gasteiger partial charge in [-0.15, -0.1) is 11.3 Å². The van der Waals surface area contributed by atoms with E-state index in [-0.39, 0.29) is 17.5 Å². The van der Waals surface area contributed by atoms with Crippen LogP contribution in [0.15, 0.2) is 64.9 Å². The lowest BCUT2D eigenvalue weighted by Gasteiger charge is -2.19. The molecule has 1 amide bonds. The van der Waals surface area contributed by atoms with E-state index in [9.17, 15) is 9.59 Å². The number of aromatic nitrogens is 4. The third kappa shape index (κ3) is 4.40. The van der Waals surface area contributed by atoms with Crippen LogP contribution in [-0.2, 0) is 0 Å². The molecule has 0 aliphatic heterocycles. The predicted molar refractivity (Wildman–Crippen MR) is 125 cm³/mol. The van der Waals surface area contributed by atoms with Crippen LogP contribution in [0.5, 0.6) is 0 Å². The third-order valence-electron chi connectivity index (χ3n) is 5.69. The van der Waals surface area contributed by atoms with Gasteiger partial charge >= 0.3 is 0 Å². The predicted octanol–water partition coefficient (Wildman–Crippen LogP) is 4.36. The molecule has 0 aliphatic rings. The van der Waals surface area contributed by atoms with Crippen molar-refractivity contribution in [3.05, 3.63) is 97.7 Å². The quantitative estimate of drug-likeness (QED) is 0.440. The van der Waals surface area contributed by atoms with Crippen LogP contribution in [0.2, 0.25) is 0 Å². The van der Waals surface area contributed by atoms with Crippen LogP contribution in [0.1, 0.15) is 64.3 Å². The van der Waals surface area contributed by atoms with E-state index in [2.05, 4.69) is 58.7 Å². The zero-order valence-electron chi connectivity index (χ0n) is 18.2. The number of rotatable bonds is 7. The summed E-state index contributed by atoms with van der Waals surface area (Å²) < 4.78 is 1.53. The molecule has 1 aromatic carbocycles. The fraction of sp³-hybridized carbons (Fsp3) is 0.250. The van der Waals surface area contributed by atoms with Crippen molar-refractivity contribution >= 4 is 17.2 Å². The molecule has 2 atom stereocenters. The van der Waals surface area contributed by atoms with E-state index < -0.39 is 0 Å².